The molecule has 2 atom stereocenters. The number of carboxylic acid groups (broad SMARTS) is 1. The second-order valence-electron chi connectivity index (χ2n) is 3.19. The van der Waals surface area contributed by atoms with Crippen molar-refractivity contribution in [1.82, 2.24) is 4.90 Å². The summed E-state index contributed by atoms with van der Waals surface area (Å²) in [5.74, 6) is -1.07. The Balaban J connectivity index is 2.23. The van der Waals surface area contributed by atoms with Gasteiger partial charge >= 0.3 is 5.97 Å². The van der Waals surface area contributed by atoms with E-state index in [1.54, 1.807) is 6.08 Å². The molecule has 0 aromatic rings. The number of β-lactam (4-membered cyclic amide) rings is 1. The van der Waals surface area contributed by atoms with Crippen molar-refractivity contribution in [2.45, 2.75) is 19.4 Å². The SMILES string of the molecule is CC1C(=O)N2C(C(=O)O)=CC[C@@H]12. The Morgan fingerprint density at radius 3 is 3.00 bits per heavy atom. The molecule has 1 amide bonds. The zero-order valence-electron chi connectivity index (χ0n) is 6.65. The quantitative estimate of drug-likeness (QED) is 0.568. The van der Waals surface area contributed by atoms with Crippen molar-refractivity contribution in [2.24, 2.45) is 5.92 Å². The number of hydrogen-bond donors (Lipinski definition) is 1. The molecule has 0 saturated carbocycles. The van der Waals surface area contributed by atoms with Crippen LogP contribution < -0.4 is 0 Å². The van der Waals surface area contributed by atoms with Gasteiger partial charge in [-0.3, -0.25) is 4.79 Å². The van der Waals surface area contributed by atoms with E-state index in [0.29, 0.717) is 6.42 Å². The molecular formula is C8H9NO3. The van der Waals surface area contributed by atoms with Crippen LogP contribution >= 0.6 is 0 Å². The molecule has 1 fully saturated rings. The maximum atomic E-state index is 11.2. The number of aliphatic carboxylic acids is 1. The number of rotatable bonds is 1. The van der Waals surface area contributed by atoms with Crippen LogP contribution in [0, 0.1) is 5.92 Å². The molecule has 2 aliphatic heterocycles. The van der Waals surface area contributed by atoms with Crippen molar-refractivity contribution in [2.75, 3.05) is 0 Å². The first kappa shape index (κ1) is 7.34. The van der Waals surface area contributed by atoms with Gasteiger partial charge < -0.3 is 10.0 Å². The molecule has 0 radical (unpaired) electrons. The molecule has 64 valence electrons. The lowest BCUT2D eigenvalue weighted by atomic mass is 9.90. The minimum Gasteiger partial charge on any atom is -0.477 e. The lowest BCUT2D eigenvalue weighted by Gasteiger charge is -2.41. The van der Waals surface area contributed by atoms with Crippen molar-refractivity contribution < 1.29 is 14.7 Å². The third kappa shape index (κ3) is 0.668. The van der Waals surface area contributed by atoms with Crippen LogP contribution in [0.5, 0.6) is 0 Å². The summed E-state index contributed by atoms with van der Waals surface area (Å²) >= 11 is 0. The van der Waals surface area contributed by atoms with Crippen LogP contribution in [0.1, 0.15) is 13.3 Å². The van der Waals surface area contributed by atoms with E-state index in [4.69, 9.17) is 5.11 Å². The normalized spacial score (nSPS) is 32.6. The number of carbonyl (C=O) groups excluding carboxylic acids is 1. The molecule has 0 spiro atoms. The van der Waals surface area contributed by atoms with E-state index >= 15 is 0 Å². The summed E-state index contributed by atoms with van der Waals surface area (Å²) in [4.78, 5) is 23.1. The zero-order valence-corrected chi connectivity index (χ0v) is 6.65. The summed E-state index contributed by atoms with van der Waals surface area (Å²) < 4.78 is 0. The van der Waals surface area contributed by atoms with Crippen molar-refractivity contribution >= 4 is 11.9 Å². The van der Waals surface area contributed by atoms with Crippen LogP contribution in [0.15, 0.2) is 11.8 Å². The topological polar surface area (TPSA) is 57.6 Å². The Hall–Kier alpha value is -1.32. The summed E-state index contributed by atoms with van der Waals surface area (Å²) in [5.41, 5.74) is 0.156. The Labute approximate surface area is 69.5 Å². The van der Waals surface area contributed by atoms with Gasteiger partial charge in [0.05, 0.1) is 12.0 Å². The van der Waals surface area contributed by atoms with Crippen molar-refractivity contribution in [3.05, 3.63) is 11.8 Å². The van der Waals surface area contributed by atoms with E-state index in [0.717, 1.165) is 0 Å². The van der Waals surface area contributed by atoms with Gasteiger partial charge in [-0.15, -0.1) is 0 Å². The highest BCUT2D eigenvalue weighted by Crippen LogP contribution is 2.37. The Kier molecular flexibility index (Phi) is 1.28. The fourth-order valence-corrected chi connectivity index (χ4v) is 1.82. The Bertz CT molecular complexity index is 295. The molecule has 12 heavy (non-hydrogen) atoms. The molecule has 4 heteroatoms. The molecule has 2 heterocycles. The Morgan fingerprint density at radius 1 is 1.75 bits per heavy atom. The highest BCUT2D eigenvalue weighted by atomic mass is 16.4. The third-order valence-electron chi connectivity index (χ3n) is 2.57. The minimum atomic E-state index is -1.00. The number of nitrogens with zero attached hydrogens (tertiary/aromatic N) is 1. The molecule has 1 saturated heterocycles. The number of hydrogen-bond acceptors (Lipinski definition) is 2. The van der Waals surface area contributed by atoms with E-state index in [-0.39, 0.29) is 23.6 Å². The van der Waals surface area contributed by atoms with E-state index in [1.807, 2.05) is 6.92 Å². The lowest BCUT2D eigenvalue weighted by Crippen LogP contribution is -2.57. The van der Waals surface area contributed by atoms with Crippen LogP contribution in [-0.4, -0.2) is 27.9 Å². The van der Waals surface area contributed by atoms with E-state index < -0.39 is 5.97 Å². The molecule has 0 bridgehead atoms. The van der Waals surface area contributed by atoms with E-state index in [9.17, 15) is 9.59 Å². The van der Waals surface area contributed by atoms with Crippen LogP contribution in [0.2, 0.25) is 0 Å². The first-order valence-corrected chi connectivity index (χ1v) is 3.89. The highest BCUT2D eigenvalue weighted by Gasteiger charge is 2.49. The maximum absolute atomic E-state index is 11.2. The predicted octanol–water partition coefficient (Wildman–Crippen LogP) is 0.206. The second-order valence-corrected chi connectivity index (χ2v) is 3.19. The molecule has 1 unspecified atom stereocenters. The number of amides is 1. The van der Waals surface area contributed by atoms with Crippen LogP contribution in [-0.2, 0) is 9.59 Å². The largest absolute Gasteiger partial charge is 0.477 e. The van der Waals surface area contributed by atoms with Gasteiger partial charge in [-0.1, -0.05) is 13.0 Å². The Morgan fingerprint density at radius 2 is 2.42 bits per heavy atom. The van der Waals surface area contributed by atoms with Crippen molar-refractivity contribution in [3.63, 3.8) is 0 Å². The second kappa shape index (κ2) is 2.09. The average molecular weight is 167 g/mol. The highest BCUT2D eigenvalue weighted by molar-refractivity contribution is 5.98. The fraction of sp³-hybridized carbons (Fsp3) is 0.500. The van der Waals surface area contributed by atoms with Crippen LogP contribution in [0.3, 0.4) is 0 Å². The molecule has 0 aliphatic carbocycles. The van der Waals surface area contributed by atoms with Crippen LogP contribution in [0.4, 0.5) is 0 Å². The average Bonchev–Trinajstić information content (AvgIpc) is 2.43. The molecule has 1 N–H and O–H groups in total. The monoisotopic (exact) mass is 167 g/mol. The fourth-order valence-electron chi connectivity index (χ4n) is 1.82. The smallest absolute Gasteiger partial charge is 0.352 e. The minimum absolute atomic E-state index is 0.00176. The van der Waals surface area contributed by atoms with Crippen molar-refractivity contribution in [3.8, 4) is 0 Å². The van der Waals surface area contributed by atoms with E-state index in [2.05, 4.69) is 0 Å². The molecular weight excluding hydrogens is 158 g/mol. The maximum Gasteiger partial charge on any atom is 0.352 e. The predicted molar refractivity (Wildman–Crippen MR) is 40.1 cm³/mol. The number of carboxylic acids is 1. The van der Waals surface area contributed by atoms with Gasteiger partial charge in [-0.05, 0) is 6.42 Å². The van der Waals surface area contributed by atoms with Gasteiger partial charge in [0.2, 0.25) is 5.91 Å². The van der Waals surface area contributed by atoms with Crippen molar-refractivity contribution in [1.29, 1.82) is 0 Å². The van der Waals surface area contributed by atoms with Crippen LogP contribution in [0.25, 0.3) is 0 Å². The van der Waals surface area contributed by atoms with Gasteiger partial charge in [0.15, 0.2) is 0 Å². The molecule has 4 nitrogen and oxygen atoms in total. The first-order valence-electron chi connectivity index (χ1n) is 3.89. The molecule has 2 rings (SSSR count). The molecule has 2 aliphatic rings. The first-order chi connectivity index (χ1) is 5.63. The van der Waals surface area contributed by atoms with Gasteiger partial charge in [0.25, 0.3) is 0 Å². The van der Waals surface area contributed by atoms with Gasteiger partial charge in [-0.2, -0.15) is 0 Å². The van der Waals surface area contributed by atoms with E-state index in [1.165, 1.54) is 4.90 Å². The summed E-state index contributed by atoms with van der Waals surface area (Å²) in [7, 11) is 0. The van der Waals surface area contributed by atoms with Gasteiger partial charge in [-0.25, -0.2) is 4.79 Å². The van der Waals surface area contributed by atoms with Gasteiger partial charge in [0.1, 0.15) is 5.70 Å². The lowest BCUT2D eigenvalue weighted by molar-refractivity contribution is -0.153. The summed E-state index contributed by atoms with van der Waals surface area (Å²) in [6.45, 7) is 1.84. The van der Waals surface area contributed by atoms with Gasteiger partial charge in [0, 0.05) is 0 Å². The molecule has 0 aromatic heterocycles. The number of carbonyl (C=O) groups is 2. The molecule has 0 aromatic carbocycles. The summed E-state index contributed by atoms with van der Waals surface area (Å²) in [5, 5.41) is 8.68. The zero-order chi connectivity index (χ0) is 8.88. The number of fused-ring (bicyclic) bond motifs is 1. The standard InChI is InChI=1S/C8H9NO3/c1-4-5-2-3-6(8(11)12)9(5)7(4)10/h3-5H,2H2,1H3,(H,11,12)/t4?,5-/m0/s1. The summed E-state index contributed by atoms with van der Waals surface area (Å²) in [6, 6.07) is 0.114. The third-order valence-corrected chi connectivity index (χ3v) is 2.57. The summed E-state index contributed by atoms with van der Waals surface area (Å²) in [6.07, 6.45) is 2.31.